The molecule has 92 valence electrons. The van der Waals surface area contributed by atoms with Crippen molar-refractivity contribution in [2.75, 3.05) is 0 Å². The third-order valence-corrected chi connectivity index (χ3v) is 5.22. The van der Waals surface area contributed by atoms with Crippen LogP contribution in [0.1, 0.15) is 64.7 Å². The van der Waals surface area contributed by atoms with Crippen LogP contribution >= 0.6 is 11.6 Å². The smallest absolute Gasteiger partial charge is 0.0341 e. The van der Waals surface area contributed by atoms with Gasteiger partial charge in [0.1, 0.15) is 0 Å². The van der Waals surface area contributed by atoms with E-state index < -0.39 is 0 Å². The maximum Gasteiger partial charge on any atom is 0.0341 e. The van der Waals surface area contributed by atoms with Crippen molar-refractivity contribution >= 4 is 11.6 Å². The van der Waals surface area contributed by atoms with Gasteiger partial charge in [0, 0.05) is 5.38 Å². The van der Waals surface area contributed by atoms with Crippen LogP contribution < -0.4 is 0 Å². The minimum atomic E-state index is 0.447. The Labute approximate surface area is 105 Å². The van der Waals surface area contributed by atoms with Crippen molar-refractivity contribution in [1.29, 1.82) is 0 Å². The van der Waals surface area contributed by atoms with Crippen molar-refractivity contribution in [1.82, 2.24) is 0 Å². The second-order valence-electron chi connectivity index (χ2n) is 5.84. The van der Waals surface area contributed by atoms with Gasteiger partial charge in [-0.15, -0.1) is 11.6 Å². The van der Waals surface area contributed by atoms with Gasteiger partial charge in [0.2, 0.25) is 0 Å². The van der Waals surface area contributed by atoms with Gasteiger partial charge in [0.05, 0.1) is 0 Å². The van der Waals surface area contributed by atoms with Gasteiger partial charge in [-0.2, -0.15) is 0 Å². The highest BCUT2D eigenvalue weighted by atomic mass is 35.5. The molecule has 0 aliphatic heterocycles. The van der Waals surface area contributed by atoms with Gasteiger partial charge < -0.3 is 0 Å². The predicted octanol–water partition coefficient (Wildman–Crippen LogP) is 5.31. The number of halogens is 1. The number of hydrogen-bond donors (Lipinski definition) is 0. The lowest BCUT2D eigenvalue weighted by molar-refractivity contribution is 0.115. The van der Waals surface area contributed by atoms with Crippen LogP contribution in [0, 0.1) is 11.3 Å². The fourth-order valence-corrected chi connectivity index (χ4v) is 3.62. The van der Waals surface area contributed by atoms with Crippen molar-refractivity contribution in [3.8, 4) is 0 Å². The quantitative estimate of drug-likeness (QED) is 0.451. The average molecular weight is 241 g/mol. The Kier molecular flexibility index (Phi) is 4.35. The van der Waals surface area contributed by atoms with E-state index in [-0.39, 0.29) is 0 Å². The first-order valence-electron chi connectivity index (χ1n) is 7.05. The Morgan fingerprint density at radius 3 is 2.62 bits per heavy atom. The normalized spacial score (nSPS) is 33.1. The number of allylic oxidation sites excluding steroid dienone is 2. The summed E-state index contributed by atoms with van der Waals surface area (Å²) in [5.74, 6) is 0.779. The van der Waals surface area contributed by atoms with Gasteiger partial charge in [-0.05, 0) is 56.3 Å². The topological polar surface area (TPSA) is 0 Å². The molecule has 16 heavy (non-hydrogen) atoms. The van der Waals surface area contributed by atoms with Crippen molar-refractivity contribution in [3.05, 3.63) is 12.2 Å². The molecular weight excluding hydrogens is 216 g/mol. The van der Waals surface area contributed by atoms with Crippen molar-refractivity contribution in [2.24, 2.45) is 11.3 Å². The fourth-order valence-electron chi connectivity index (χ4n) is 3.27. The maximum absolute atomic E-state index is 6.11. The molecule has 2 saturated carbocycles. The van der Waals surface area contributed by atoms with Gasteiger partial charge in [-0.1, -0.05) is 31.9 Å². The number of alkyl halides is 1. The zero-order valence-electron chi connectivity index (χ0n) is 10.6. The summed E-state index contributed by atoms with van der Waals surface area (Å²) in [4.78, 5) is 0. The highest BCUT2D eigenvalue weighted by Crippen LogP contribution is 2.47. The predicted molar refractivity (Wildman–Crippen MR) is 71.9 cm³/mol. The van der Waals surface area contributed by atoms with Gasteiger partial charge in [-0.3, -0.25) is 0 Å². The summed E-state index contributed by atoms with van der Waals surface area (Å²) in [7, 11) is 0. The molecule has 2 rings (SSSR count). The maximum atomic E-state index is 6.11. The molecule has 0 spiro atoms. The summed E-state index contributed by atoms with van der Waals surface area (Å²) >= 11 is 6.11. The second kappa shape index (κ2) is 5.58. The van der Waals surface area contributed by atoms with Crippen molar-refractivity contribution in [3.63, 3.8) is 0 Å². The van der Waals surface area contributed by atoms with Crippen LogP contribution in [0.5, 0.6) is 0 Å². The Balaban J connectivity index is 1.65. The van der Waals surface area contributed by atoms with Crippen LogP contribution in [0.3, 0.4) is 0 Å². The van der Waals surface area contributed by atoms with Crippen LogP contribution in [0.25, 0.3) is 0 Å². The van der Waals surface area contributed by atoms with Crippen LogP contribution in [0.15, 0.2) is 12.2 Å². The van der Waals surface area contributed by atoms with E-state index in [1.165, 1.54) is 57.8 Å². The molecule has 0 aromatic rings. The minimum Gasteiger partial charge on any atom is -0.123 e. The molecule has 0 nitrogen and oxygen atoms in total. The monoisotopic (exact) mass is 240 g/mol. The van der Waals surface area contributed by atoms with E-state index >= 15 is 0 Å². The molecular formula is C15H25Cl. The first kappa shape index (κ1) is 12.5. The summed E-state index contributed by atoms with van der Waals surface area (Å²) in [6.45, 7) is 2.36. The van der Waals surface area contributed by atoms with E-state index in [9.17, 15) is 0 Å². The standard InChI is InChI=1S/C15H25Cl/c1-2-15(10-5-11-15)9-4-3-6-13-7-8-14(16)12-13/h3,6,13-14H,2,4-5,7-12H2,1H3/b6-3+. The molecule has 0 amide bonds. The summed E-state index contributed by atoms with van der Waals surface area (Å²) in [5.41, 5.74) is 0.731. The van der Waals surface area contributed by atoms with Crippen molar-refractivity contribution < 1.29 is 0 Å². The molecule has 0 saturated heterocycles. The SMILES string of the molecule is CCC1(CC/C=C/C2CCC(Cl)C2)CCC1. The zero-order chi connectivity index (χ0) is 11.4. The van der Waals surface area contributed by atoms with Crippen LogP contribution in [-0.4, -0.2) is 5.38 Å². The van der Waals surface area contributed by atoms with E-state index in [4.69, 9.17) is 11.6 Å². The Morgan fingerprint density at radius 1 is 1.31 bits per heavy atom. The molecule has 0 aromatic heterocycles. The van der Waals surface area contributed by atoms with E-state index in [1.807, 2.05) is 0 Å². The van der Waals surface area contributed by atoms with E-state index in [0.717, 1.165) is 11.3 Å². The molecule has 0 radical (unpaired) electrons. The first-order chi connectivity index (χ1) is 7.74. The molecule has 2 unspecified atom stereocenters. The van der Waals surface area contributed by atoms with E-state index in [0.29, 0.717) is 5.38 Å². The second-order valence-corrected chi connectivity index (χ2v) is 6.46. The Bertz CT molecular complexity index is 234. The van der Waals surface area contributed by atoms with Gasteiger partial charge in [0.15, 0.2) is 0 Å². The molecule has 0 bridgehead atoms. The molecule has 0 aromatic carbocycles. The van der Waals surface area contributed by atoms with E-state index in [1.54, 1.807) is 0 Å². The molecule has 2 aliphatic rings. The van der Waals surface area contributed by atoms with Gasteiger partial charge >= 0.3 is 0 Å². The lowest BCUT2D eigenvalue weighted by Gasteiger charge is -2.41. The lowest BCUT2D eigenvalue weighted by Crippen LogP contribution is -2.28. The molecule has 2 aliphatic carbocycles. The van der Waals surface area contributed by atoms with E-state index in [2.05, 4.69) is 19.1 Å². The summed E-state index contributed by atoms with van der Waals surface area (Å²) < 4.78 is 0. The highest BCUT2D eigenvalue weighted by Gasteiger charge is 2.33. The third kappa shape index (κ3) is 3.03. The average Bonchev–Trinajstić information content (AvgIpc) is 2.62. The van der Waals surface area contributed by atoms with Gasteiger partial charge in [-0.25, -0.2) is 0 Å². The van der Waals surface area contributed by atoms with Crippen LogP contribution in [-0.2, 0) is 0 Å². The third-order valence-electron chi connectivity index (χ3n) is 4.82. The number of rotatable bonds is 5. The Morgan fingerprint density at radius 2 is 2.12 bits per heavy atom. The molecule has 0 N–H and O–H groups in total. The summed E-state index contributed by atoms with van der Waals surface area (Å²) in [6, 6.07) is 0. The summed E-state index contributed by atoms with van der Waals surface area (Å²) in [6.07, 6.45) is 17.1. The largest absolute Gasteiger partial charge is 0.123 e. The molecule has 1 heteroatoms. The zero-order valence-corrected chi connectivity index (χ0v) is 11.3. The fraction of sp³-hybridized carbons (Fsp3) is 0.867. The molecule has 0 heterocycles. The molecule has 2 atom stereocenters. The number of hydrogen-bond acceptors (Lipinski definition) is 0. The van der Waals surface area contributed by atoms with Gasteiger partial charge in [0.25, 0.3) is 0 Å². The molecule has 2 fully saturated rings. The van der Waals surface area contributed by atoms with Crippen LogP contribution in [0.2, 0.25) is 0 Å². The van der Waals surface area contributed by atoms with Crippen molar-refractivity contribution in [2.45, 2.75) is 70.1 Å². The first-order valence-corrected chi connectivity index (χ1v) is 7.48. The van der Waals surface area contributed by atoms with Crippen LogP contribution in [0.4, 0.5) is 0 Å². The summed E-state index contributed by atoms with van der Waals surface area (Å²) in [5, 5.41) is 0.447. The highest BCUT2D eigenvalue weighted by molar-refractivity contribution is 6.20. The lowest BCUT2D eigenvalue weighted by atomic mass is 9.64. The minimum absolute atomic E-state index is 0.447. The Hall–Kier alpha value is 0.0300.